The minimum atomic E-state index is -3.98. The highest BCUT2D eigenvalue weighted by molar-refractivity contribution is 7.92. The van der Waals surface area contributed by atoms with Crippen molar-refractivity contribution in [1.82, 2.24) is 15.1 Å². The maximum atomic E-state index is 14.3. The Kier molecular flexibility index (Phi) is 13.3. The summed E-state index contributed by atoms with van der Waals surface area (Å²) in [6, 6.07) is 9.56. The minimum absolute atomic E-state index is 0.0191. The van der Waals surface area contributed by atoms with Crippen LogP contribution in [0.4, 0.5) is 10.5 Å². The van der Waals surface area contributed by atoms with Crippen LogP contribution in [0.5, 0.6) is 5.75 Å². The number of fused-ring (bicyclic) bond motifs is 1. The van der Waals surface area contributed by atoms with Crippen LogP contribution in [0.2, 0.25) is 5.02 Å². The summed E-state index contributed by atoms with van der Waals surface area (Å²) in [5, 5.41) is 13.4. The van der Waals surface area contributed by atoms with Crippen molar-refractivity contribution >= 4 is 39.2 Å². The summed E-state index contributed by atoms with van der Waals surface area (Å²) in [7, 11) is -2.27. The number of rotatable bonds is 8. The number of nitrogens with zero attached hydrogens (tertiary/aromatic N) is 2. The summed E-state index contributed by atoms with van der Waals surface area (Å²) < 4.78 is 41.3. The largest absolute Gasteiger partial charge is 0.490 e. The molecule has 3 amide bonds. The van der Waals surface area contributed by atoms with Crippen molar-refractivity contribution in [3.05, 3.63) is 53.1 Å². The monoisotopic (exact) mass is 666 g/mol. The molecule has 2 aromatic carbocycles. The van der Waals surface area contributed by atoms with Crippen LogP contribution >= 0.6 is 11.6 Å². The maximum Gasteiger partial charge on any atom is 0.317 e. The lowest BCUT2D eigenvalue weighted by molar-refractivity contribution is -0.0122. The summed E-state index contributed by atoms with van der Waals surface area (Å²) >= 11 is 5.93. The average molecular weight is 667 g/mol. The lowest BCUT2D eigenvalue weighted by atomic mass is 10.0. The molecule has 0 radical (unpaired) electrons. The highest BCUT2D eigenvalue weighted by Crippen LogP contribution is 2.29. The molecule has 0 fully saturated rings. The van der Waals surface area contributed by atoms with Crippen LogP contribution in [0.25, 0.3) is 0 Å². The third-order valence-electron chi connectivity index (χ3n) is 7.64. The number of likely N-dealkylation sites (N-methyl/N-ethyl adjacent to an activating group) is 1. The maximum absolute atomic E-state index is 14.3. The molecule has 0 aliphatic carbocycles. The molecule has 3 rings (SSSR count). The lowest BCUT2D eigenvalue weighted by Gasteiger charge is -2.36. The third kappa shape index (κ3) is 10.5. The first-order valence-electron chi connectivity index (χ1n) is 15.4. The molecule has 45 heavy (non-hydrogen) atoms. The second-order valence-corrected chi connectivity index (χ2v) is 14.2. The smallest absolute Gasteiger partial charge is 0.317 e. The van der Waals surface area contributed by atoms with Gasteiger partial charge in [-0.05, 0) is 89.4 Å². The molecule has 2 aromatic rings. The van der Waals surface area contributed by atoms with Crippen molar-refractivity contribution in [3.8, 4) is 5.75 Å². The van der Waals surface area contributed by atoms with E-state index in [1.54, 1.807) is 35.9 Å². The number of sulfonamides is 1. The second-order valence-electron chi connectivity index (χ2n) is 12.1. The minimum Gasteiger partial charge on any atom is -0.490 e. The molecule has 0 aromatic heterocycles. The molecule has 4 atom stereocenters. The summed E-state index contributed by atoms with van der Waals surface area (Å²) in [4.78, 5) is 30.1. The molecule has 0 bridgehead atoms. The predicted octanol–water partition coefficient (Wildman–Crippen LogP) is 4.99. The van der Waals surface area contributed by atoms with Gasteiger partial charge in [-0.15, -0.1) is 0 Å². The molecule has 13 heteroatoms. The van der Waals surface area contributed by atoms with Crippen molar-refractivity contribution < 1.29 is 32.6 Å². The fourth-order valence-electron chi connectivity index (χ4n) is 4.99. The number of halogens is 1. The van der Waals surface area contributed by atoms with Crippen LogP contribution in [0.1, 0.15) is 64.2 Å². The van der Waals surface area contributed by atoms with Gasteiger partial charge in [0.2, 0.25) is 0 Å². The van der Waals surface area contributed by atoms with Gasteiger partial charge in [-0.1, -0.05) is 18.5 Å². The van der Waals surface area contributed by atoms with Gasteiger partial charge in [0, 0.05) is 49.4 Å². The normalized spacial score (nSPS) is 20.9. The number of urea groups is 1. The fourth-order valence-corrected chi connectivity index (χ4v) is 6.16. The molecule has 0 saturated heterocycles. The molecule has 1 aliphatic rings. The number of carbonyl (C=O) groups excluding carboxylic acids is 2. The van der Waals surface area contributed by atoms with Crippen LogP contribution in [0.15, 0.2) is 47.4 Å². The Balaban J connectivity index is 1.98. The van der Waals surface area contributed by atoms with E-state index in [-0.39, 0.29) is 59.5 Å². The van der Waals surface area contributed by atoms with E-state index in [9.17, 15) is 23.1 Å². The van der Waals surface area contributed by atoms with Gasteiger partial charge >= 0.3 is 6.03 Å². The number of benzene rings is 2. The van der Waals surface area contributed by atoms with E-state index in [0.29, 0.717) is 30.3 Å². The third-order valence-corrected chi connectivity index (χ3v) is 9.29. The first-order valence-corrected chi connectivity index (χ1v) is 17.2. The molecule has 1 aliphatic heterocycles. The van der Waals surface area contributed by atoms with E-state index >= 15 is 0 Å². The molecule has 0 saturated carbocycles. The van der Waals surface area contributed by atoms with Gasteiger partial charge in [-0.2, -0.15) is 0 Å². The van der Waals surface area contributed by atoms with Gasteiger partial charge in [0.05, 0.1) is 35.3 Å². The highest BCUT2D eigenvalue weighted by Gasteiger charge is 2.31. The Morgan fingerprint density at radius 1 is 1.13 bits per heavy atom. The van der Waals surface area contributed by atoms with E-state index in [2.05, 4.69) is 10.0 Å². The molecule has 1 heterocycles. The number of hydrogen-bond acceptors (Lipinski definition) is 7. The van der Waals surface area contributed by atoms with E-state index < -0.39 is 22.0 Å². The zero-order valence-corrected chi connectivity index (χ0v) is 28.5. The summed E-state index contributed by atoms with van der Waals surface area (Å²) in [5.74, 6) is -0.338. The Morgan fingerprint density at radius 2 is 1.82 bits per heavy atom. The van der Waals surface area contributed by atoms with Crippen LogP contribution in [-0.4, -0.2) is 92.9 Å². The van der Waals surface area contributed by atoms with Gasteiger partial charge in [-0.25, -0.2) is 13.2 Å². The van der Waals surface area contributed by atoms with Crippen molar-refractivity contribution in [2.45, 2.75) is 83.1 Å². The Morgan fingerprint density at radius 3 is 2.47 bits per heavy atom. The SMILES string of the molecule is CC(C)NC(=O)N(C)C[C@H]1OCCCC[C@@H](C)Oc2ccc(NS(=O)(=O)c3ccc(Cl)cc3)cc2C(=O)N([C@H](C)CO)C[C@@H]1C. The van der Waals surface area contributed by atoms with E-state index in [0.717, 1.165) is 12.8 Å². The Bertz CT molecular complexity index is 1390. The molecule has 0 unspecified atom stereocenters. The molecule has 0 spiro atoms. The number of amides is 3. The molecular formula is C32H47ClN4O7S. The zero-order chi connectivity index (χ0) is 33.3. The van der Waals surface area contributed by atoms with Crippen LogP contribution < -0.4 is 14.8 Å². The molecular weight excluding hydrogens is 620 g/mol. The van der Waals surface area contributed by atoms with Gasteiger partial charge < -0.3 is 29.7 Å². The van der Waals surface area contributed by atoms with Gasteiger partial charge in [0.1, 0.15) is 5.75 Å². The first-order chi connectivity index (χ1) is 21.2. The van der Waals surface area contributed by atoms with Gasteiger partial charge in [0.25, 0.3) is 15.9 Å². The van der Waals surface area contributed by atoms with Crippen molar-refractivity contribution in [1.29, 1.82) is 0 Å². The topological polar surface area (TPSA) is 138 Å². The van der Waals surface area contributed by atoms with E-state index in [4.69, 9.17) is 21.1 Å². The average Bonchev–Trinajstić information content (AvgIpc) is 2.98. The Hall–Kier alpha value is -3.06. The standard InChI is InChI=1S/C32H47ClN4O7S/c1-21(2)34-32(40)36(6)19-30-22(3)18-37(23(4)20-38)31(39)28-17-26(35-45(41,42)27-13-10-25(33)11-14-27)12-15-29(28)44-24(5)9-7-8-16-43-30/h10-15,17,21-24,30,35,38H,7-9,16,18-20H2,1-6H3,(H,34,40)/t22-,23+,24+,30+/m0/s1. The second kappa shape index (κ2) is 16.5. The number of carbonyl (C=O) groups is 2. The van der Waals surface area contributed by atoms with Gasteiger partial charge in [0.15, 0.2) is 0 Å². The number of anilines is 1. The number of aliphatic hydroxyl groups excluding tert-OH is 1. The van der Waals surface area contributed by atoms with Crippen LogP contribution in [0, 0.1) is 5.92 Å². The Labute approximate surface area is 272 Å². The summed E-state index contributed by atoms with van der Waals surface area (Å²) in [6.07, 6.45) is 1.69. The molecule has 250 valence electrons. The van der Waals surface area contributed by atoms with Gasteiger partial charge in [-0.3, -0.25) is 9.52 Å². The number of ether oxygens (including phenoxy) is 2. The number of hydrogen-bond donors (Lipinski definition) is 3. The molecule has 11 nitrogen and oxygen atoms in total. The quantitative estimate of drug-likeness (QED) is 0.361. The first kappa shape index (κ1) is 36.4. The van der Waals surface area contributed by atoms with Crippen molar-refractivity contribution in [3.63, 3.8) is 0 Å². The molecule has 3 N–H and O–H groups in total. The predicted molar refractivity (Wildman–Crippen MR) is 175 cm³/mol. The zero-order valence-electron chi connectivity index (χ0n) is 27.0. The highest BCUT2D eigenvalue weighted by atomic mass is 35.5. The lowest BCUT2D eigenvalue weighted by Crippen LogP contribution is -2.49. The fraction of sp³-hybridized carbons (Fsp3) is 0.562. The van der Waals surface area contributed by atoms with Crippen molar-refractivity contribution in [2.75, 3.05) is 38.1 Å². The number of nitrogens with one attached hydrogen (secondary N) is 2. The van der Waals surface area contributed by atoms with E-state index in [1.807, 2.05) is 27.7 Å². The van der Waals surface area contributed by atoms with E-state index in [1.165, 1.54) is 30.3 Å². The summed E-state index contributed by atoms with van der Waals surface area (Å²) in [5.41, 5.74) is 0.340. The summed E-state index contributed by atoms with van der Waals surface area (Å²) in [6.45, 7) is 10.1. The van der Waals surface area contributed by atoms with Crippen LogP contribution in [0.3, 0.4) is 0 Å². The van der Waals surface area contributed by atoms with Crippen molar-refractivity contribution in [2.24, 2.45) is 5.92 Å². The van der Waals surface area contributed by atoms with Crippen LogP contribution in [-0.2, 0) is 14.8 Å². The number of aliphatic hydroxyl groups is 1.